The van der Waals surface area contributed by atoms with E-state index in [-0.39, 0.29) is 0 Å². The second-order valence-corrected chi connectivity index (χ2v) is 6.32. The molecule has 0 amide bonds. The Morgan fingerprint density at radius 2 is 1.76 bits per heavy atom. The van der Waals surface area contributed by atoms with Crippen molar-refractivity contribution in [2.75, 3.05) is 11.6 Å². The van der Waals surface area contributed by atoms with Gasteiger partial charge in [-0.05, 0) is 18.1 Å². The molecule has 0 aliphatic carbocycles. The number of benzene rings is 2. The molecule has 4 heteroatoms. The molecule has 2 nitrogen and oxygen atoms in total. The van der Waals surface area contributed by atoms with Gasteiger partial charge >= 0.3 is 0 Å². The van der Waals surface area contributed by atoms with Crippen molar-refractivity contribution in [3.63, 3.8) is 0 Å². The third-order valence-corrected chi connectivity index (χ3v) is 4.65. The van der Waals surface area contributed by atoms with Gasteiger partial charge in [0.25, 0.3) is 0 Å². The summed E-state index contributed by atoms with van der Waals surface area (Å²) in [6.07, 6.45) is 1.01. The zero-order valence-electron chi connectivity index (χ0n) is 11.7. The molecule has 0 spiro atoms. The van der Waals surface area contributed by atoms with Crippen LogP contribution in [0.2, 0.25) is 0 Å². The maximum absolute atomic E-state index is 5.76. The lowest BCUT2D eigenvalue weighted by Crippen LogP contribution is -2.01. The number of aromatic nitrogens is 2. The van der Waals surface area contributed by atoms with Crippen LogP contribution in [0.3, 0.4) is 0 Å². The first-order valence-corrected chi connectivity index (χ1v) is 8.59. The van der Waals surface area contributed by atoms with Gasteiger partial charge in [-0.15, -0.1) is 23.4 Å². The molecule has 0 aliphatic heterocycles. The Labute approximate surface area is 134 Å². The summed E-state index contributed by atoms with van der Waals surface area (Å²) in [5, 5.41) is 7.13. The minimum absolute atomic E-state index is 0.704. The molecule has 0 saturated heterocycles. The summed E-state index contributed by atoms with van der Waals surface area (Å²) in [6, 6.07) is 18.9. The minimum Gasteiger partial charge on any atom is -0.259 e. The van der Waals surface area contributed by atoms with Crippen LogP contribution >= 0.6 is 23.4 Å². The van der Waals surface area contributed by atoms with Crippen LogP contribution in [-0.4, -0.2) is 21.4 Å². The van der Waals surface area contributed by atoms with Crippen LogP contribution in [0.4, 0.5) is 0 Å². The lowest BCUT2D eigenvalue weighted by Gasteiger charge is -2.03. The van der Waals surface area contributed by atoms with Crippen molar-refractivity contribution < 1.29 is 0 Å². The fraction of sp³-hybridized carbons (Fsp3) is 0.235. The van der Waals surface area contributed by atoms with Crippen LogP contribution in [-0.2, 0) is 6.54 Å². The standard InChI is InChI=1S/C17H17ClN2S/c18-11-6-12-21-17-15-9-4-5-10-16(15)20(19-17)13-14-7-2-1-3-8-14/h1-5,7-10H,6,11-13H2. The van der Waals surface area contributed by atoms with E-state index < -0.39 is 0 Å². The van der Waals surface area contributed by atoms with Crippen molar-refractivity contribution in [2.24, 2.45) is 0 Å². The number of nitrogens with zero attached hydrogens (tertiary/aromatic N) is 2. The summed E-state index contributed by atoms with van der Waals surface area (Å²) in [4.78, 5) is 0. The van der Waals surface area contributed by atoms with Crippen molar-refractivity contribution in [3.05, 3.63) is 60.2 Å². The summed E-state index contributed by atoms with van der Waals surface area (Å²) in [5.74, 6) is 1.71. The van der Waals surface area contributed by atoms with Crippen LogP contribution < -0.4 is 0 Å². The molecule has 0 N–H and O–H groups in total. The van der Waals surface area contributed by atoms with Crippen molar-refractivity contribution >= 4 is 34.3 Å². The molecule has 3 rings (SSSR count). The maximum atomic E-state index is 5.76. The molecule has 0 unspecified atom stereocenters. The quantitative estimate of drug-likeness (QED) is 0.369. The molecule has 1 aromatic heterocycles. The summed E-state index contributed by atoms with van der Waals surface area (Å²) in [6.45, 7) is 0.803. The van der Waals surface area contributed by atoms with E-state index in [1.54, 1.807) is 11.8 Å². The summed E-state index contributed by atoms with van der Waals surface area (Å²) in [5.41, 5.74) is 2.46. The molecule has 1 heterocycles. The first-order valence-electron chi connectivity index (χ1n) is 7.07. The second-order valence-electron chi connectivity index (χ2n) is 4.86. The molecule has 0 aliphatic rings. The molecule has 3 aromatic rings. The van der Waals surface area contributed by atoms with Gasteiger partial charge in [-0.25, -0.2) is 0 Å². The molecule has 0 fully saturated rings. The lowest BCUT2D eigenvalue weighted by atomic mass is 10.2. The highest BCUT2D eigenvalue weighted by Gasteiger charge is 2.10. The van der Waals surface area contributed by atoms with Gasteiger partial charge in [-0.3, -0.25) is 4.68 Å². The largest absolute Gasteiger partial charge is 0.259 e. The van der Waals surface area contributed by atoms with Crippen LogP contribution in [0.1, 0.15) is 12.0 Å². The normalized spacial score (nSPS) is 11.1. The van der Waals surface area contributed by atoms with E-state index in [0.717, 1.165) is 23.7 Å². The SMILES string of the molecule is ClCCCSc1nn(Cc2ccccc2)c2ccccc12. The van der Waals surface area contributed by atoms with Gasteiger partial charge in [-0.1, -0.05) is 48.5 Å². The first-order chi connectivity index (χ1) is 10.4. The number of rotatable bonds is 6. The van der Waals surface area contributed by atoms with Crippen LogP contribution in [0, 0.1) is 0 Å². The predicted octanol–water partition coefficient (Wildman–Crippen LogP) is 4.81. The highest BCUT2D eigenvalue weighted by Crippen LogP contribution is 2.28. The fourth-order valence-corrected chi connectivity index (χ4v) is 3.56. The molecule has 0 radical (unpaired) electrons. The smallest absolute Gasteiger partial charge is 0.126 e. The average molecular weight is 317 g/mol. The Balaban J connectivity index is 1.91. The Morgan fingerprint density at radius 3 is 2.57 bits per heavy atom. The monoisotopic (exact) mass is 316 g/mol. The van der Waals surface area contributed by atoms with Gasteiger partial charge in [0.15, 0.2) is 0 Å². The topological polar surface area (TPSA) is 17.8 Å². The van der Waals surface area contributed by atoms with Gasteiger partial charge in [0.2, 0.25) is 0 Å². The molecule has 0 saturated carbocycles. The predicted molar refractivity (Wildman–Crippen MR) is 91.3 cm³/mol. The van der Waals surface area contributed by atoms with Crippen LogP contribution in [0.5, 0.6) is 0 Å². The van der Waals surface area contributed by atoms with E-state index in [4.69, 9.17) is 16.7 Å². The molecule has 21 heavy (non-hydrogen) atoms. The maximum Gasteiger partial charge on any atom is 0.126 e. The summed E-state index contributed by atoms with van der Waals surface area (Å²) in [7, 11) is 0. The highest BCUT2D eigenvalue weighted by atomic mass is 35.5. The van der Waals surface area contributed by atoms with Crippen molar-refractivity contribution in [1.82, 2.24) is 9.78 Å². The number of fused-ring (bicyclic) bond motifs is 1. The van der Waals surface area contributed by atoms with E-state index in [2.05, 4.69) is 53.2 Å². The molecule has 2 aromatic carbocycles. The molecule has 0 bridgehead atoms. The van der Waals surface area contributed by atoms with Crippen LogP contribution in [0.25, 0.3) is 10.9 Å². The Hall–Kier alpha value is -1.45. The average Bonchev–Trinajstić information content (AvgIpc) is 2.87. The zero-order valence-corrected chi connectivity index (χ0v) is 13.3. The summed E-state index contributed by atoms with van der Waals surface area (Å²) >= 11 is 7.55. The van der Waals surface area contributed by atoms with Gasteiger partial charge in [-0.2, -0.15) is 5.10 Å². The highest BCUT2D eigenvalue weighted by molar-refractivity contribution is 7.99. The number of thioether (sulfide) groups is 1. The third-order valence-electron chi connectivity index (χ3n) is 3.32. The Bertz CT molecular complexity index is 709. The van der Waals surface area contributed by atoms with Crippen molar-refractivity contribution in [3.8, 4) is 0 Å². The third kappa shape index (κ3) is 3.42. The number of alkyl halides is 1. The first kappa shape index (κ1) is 14.5. The number of halogens is 1. The van der Waals surface area contributed by atoms with E-state index in [1.807, 2.05) is 6.07 Å². The number of hydrogen-bond donors (Lipinski definition) is 0. The summed E-state index contributed by atoms with van der Waals surface area (Å²) < 4.78 is 2.09. The zero-order chi connectivity index (χ0) is 14.5. The van der Waals surface area contributed by atoms with Gasteiger partial charge in [0.1, 0.15) is 5.03 Å². The van der Waals surface area contributed by atoms with E-state index in [9.17, 15) is 0 Å². The van der Waals surface area contributed by atoms with Gasteiger partial charge in [0.05, 0.1) is 12.1 Å². The molecular formula is C17H17ClN2S. The number of para-hydroxylation sites is 1. The lowest BCUT2D eigenvalue weighted by molar-refractivity contribution is 0.688. The van der Waals surface area contributed by atoms with Gasteiger partial charge in [0, 0.05) is 17.0 Å². The number of hydrogen-bond acceptors (Lipinski definition) is 2. The second kappa shape index (κ2) is 7.01. The van der Waals surface area contributed by atoms with E-state index >= 15 is 0 Å². The van der Waals surface area contributed by atoms with Crippen molar-refractivity contribution in [1.29, 1.82) is 0 Å². The Kier molecular flexibility index (Phi) is 4.84. The molecule has 0 atom stereocenters. The van der Waals surface area contributed by atoms with E-state index in [0.29, 0.717) is 5.88 Å². The Morgan fingerprint density at radius 1 is 1.00 bits per heavy atom. The molecule has 108 valence electrons. The van der Waals surface area contributed by atoms with Crippen molar-refractivity contribution in [2.45, 2.75) is 18.0 Å². The minimum atomic E-state index is 0.704. The fourth-order valence-electron chi connectivity index (χ4n) is 2.30. The molecular weight excluding hydrogens is 300 g/mol. The van der Waals surface area contributed by atoms with Gasteiger partial charge < -0.3 is 0 Å². The van der Waals surface area contributed by atoms with E-state index in [1.165, 1.54) is 16.5 Å². The van der Waals surface area contributed by atoms with Crippen LogP contribution in [0.15, 0.2) is 59.6 Å².